The van der Waals surface area contributed by atoms with Crippen molar-refractivity contribution in [3.8, 4) is 5.75 Å². The molecule has 7 heteroatoms. The Kier molecular flexibility index (Phi) is 6.53. The van der Waals surface area contributed by atoms with Crippen LogP contribution >= 0.6 is 23.4 Å². The second-order valence-corrected chi connectivity index (χ2v) is 9.06. The molecule has 4 rings (SSSR count). The molecule has 1 N–H and O–H groups in total. The number of nitrogens with zero attached hydrogens (tertiary/aromatic N) is 2. The van der Waals surface area contributed by atoms with Crippen molar-refractivity contribution in [1.82, 2.24) is 4.90 Å². The van der Waals surface area contributed by atoms with E-state index in [0.717, 1.165) is 61.9 Å². The molecule has 2 aromatic carbocycles. The van der Waals surface area contributed by atoms with Gasteiger partial charge in [-0.2, -0.15) is 0 Å². The fraction of sp³-hybridized carbons (Fsp3) is 0.409. The van der Waals surface area contributed by atoms with Gasteiger partial charge in [0, 0.05) is 36.1 Å². The summed E-state index contributed by atoms with van der Waals surface area (Å²) >= 11 is 7.67. The first kappa shape index (κ1) is 20.4. The molecule has 1 atom stereocenters. The predicted molar refractivity (Wildman–Crippen MR) is 121 cm³/mol. The number of thioether (sulfide) groups is 1. The lowest BCUT2D eigenvalue weighted by Crippen LogP contribution is -2.46. The zero-order valence-electron chi connectivity index (χ0n) is 16.6. The number of fused-ring (bicyclic) bond motifs is 1. The topological polar surface area (TPSA) is 44.8 Å². The third-order valence-electron chi connectivity index (χ3n) is 5.50. The number of carbonyl (C=O) groups excluding carboxylic acids is 1. The smallest absolute Gasteiger partial charge is 0.237 e. The number of rotatable bonds is 6. The summed E-state index contributed by atoms with van der Waals surface area (Å²) < 4.78 is 5.50. The van der Waals surface area contributed by atoms with Gasteiger partial charge in [-0.25, -0.2) is 0 Å². The van der Waals surface area contributed by atoms with Crippen molar-refractivity contribution in [2.75, 3.05) is 50.1 Å². The third kappa shape index (κ3) is 4.82. The van der Waals surface area contributed by atoms with Crippen molar-refractivity contribution in [3.63, 3.8) is 0 Å². The molecule has 0 bridgehead atoms. The highest BCUT2D eigenvalue weighted by molar-refractivity contribution is 8.01. The number of hydrogen-bond acceptors (Lipinski definition) is 5. The lowest BCUT2D eigenvalue weighted by Gasteiger charge is -2.36. The number of benzene rings is 2. The average Bonchev–Trinajstić information content (AvgIpc) is 2.74. The number of carbonyl (C=O) groups is 1. The number of para-hydroxylation sites is 2. The molecule has 0 aliphatic carbocycles. The van der Waals surface area contributed by atoms with Gasteiger partial charge in [0.2, 0.25) is 5.91 Å². The second-order valence-electron chi connectivity index (χ2n) is 7.38. The predicted octanol–water partition coefficient (Wildman–Crippen LogP) is 4.36. The molecular formula is C22H26ClN3O2S. The van der Waals surface area contributed by atoms with Crippen LogP contribution in [0.2, 0.25) is 5.02 Å². The van der Waals surface area contributed by atoms with E-state index in [1.165, 1.54) is 5.69 Å². The molecule has 1 saturated heterocycles. The van der Waals surface area contributed by atoms with Crippen LogP contribution in [0.15, 0.2) is 47.4 Å². The summed E-state index contributed by atoms with van der Waals surface area (Å²) in [5.74, 6) is 1.02. The van der Waals surface area contributed by atoms with Crippen LogP contribution in [0, 0.1) is 0 Å². The van der Waals surface area contributed by atoms with E-state index >= 15 is 0 Å². The lowest BCUT2D eigenvalue weighted by molar-refractivity contribution is -0.115. The van der Waals surface area contributed by atoms with E-state index in [4.69, 9.17) is 16.3 Å². The van der Waals surface area contributed by atoms with Crippen molar-refractivity contribution in [2.24, 2.45) is 0 Å². The Hall–Kier alpha value is -1.89. The van der Waals surface area contributed by atoms with Gasteiger partial charge in [-0.3, -0.25) is 9.69 Å². The molecule has 2 aromatic rings. The summed E-state index contributed by atoms with van der Waals surface area (Å²) in [7, 11) is 1.72. The Morgan fingerprint density at radius 2 is 1.97 bits per heavy atom. The van der Waals surface area contributed by atoms with E-state index in [0.29, 0.717) is 5.02 Å². The summed E-state index contributed by atoms with van der Waals surface area (Å²) in [6.45, 7) is 5.07. The summed E-state index contributed by atoms with van der Waals surface area (Å²) in [5, 5.41) is 3.62. The number of halogens is 1. The number of methoxy groups -OCH3 is 1. The Bertz CT molecular complexity index is 871. The maximum absolute atomic E-state index is 12.4. The van der Waals surface area contributed by atoms with Gasteiger partial charge in [0.25, 0.3) is 0 Å². The molecule has 1 fully saturated rings. The van der Waals surface area contributed by atoms with E-state index in [1.54, 1.807) is 18.9 Å². The highest BCUT2D eigenvalue weighted by Gasteiger charge is 2.27. The average molecular weight is 432 g/mol. The Morgan fingerprint density at radius 1 is 1.17 bits per heavy atom. The first-order valence-corrected chi connectivity index (χ1v) is 11.3. The van der Waals surface area contributed by atoms with Crippen LogP contribution in [0.25, 0.3) is 0 Å². The van der Waals surface area contributed by atoms with Crippen LogP contribution in [0.1, 0.15) is 12.8 Å². The number of hydrogen-bond donors (Lipinski definition) is 1. The minimum Gasteiger partial charge on any atom is -0.495 e. The molecule has 0 aromatic heterocycles. The van der Waals surface area contributed by atoms with Crippen LogP contribution in [0.3, 0.4) is 0 Å². The maximum atomic E-state index is 12.4. The molecule has 0 saturated carbocycles. The van der Waals surface area contributed by atoms with Gasteiger partial charge in [-0.05, 0) is 49.7 Å². The SMILES string of the molecule is COc1ccccc1N1CCN(CCCC2Sc3ccc(Cl)cc3NC2=O)CC1. The van der Waals surface area contributed by atoms with Crippen molar-refractivity contribution >= 4 is 40.6 Å². The molecule has 0 radical (unpaired) electrons. The summed E-state index contributed by atoms with van der Waals surface area (Å²) in [5.41, 5.74) is 2.00. The van der Waals surface area contributed by atoms with Crippen LogP contribution in [0.4, 0.5) is 11.4 Å². The highest BCUT2D eigenvalue weighted by Crippen LogP contribution is 2.38. The van der Waals surface area contributed by atoms with Crippen LogP contribution in [0.5, 0.6) is 5.75 Å². The van der Waals surface area contributed by atoms with Crippen molar-refractivity contribution in [1.29, 1.82) is 0 Å². The normalized spacial score (nSPS) is 19.6. The monoisotopic (exact) mass is 431 g/mol. The van der Waals surface area contributed by atoms with Crippen LogP contribution in [-0.2, 0) is 4.79 Å². The van der Waals surface area contributed by atoms with E-state index in [1.807, 2.05) is 30.3 Å². The van der Waals surface area contributed by atoms with Crippen molar-refractivity contribution in [2.45, 2.75) is 23.0 Å². The molecule has 2 aliphatic heterocycles. The second kappa shape index (κ2) is 9.28. The number of piperazine rings is 1. The fourth-order valence-electron chi connectivity index (χ4n) is 3.92. The number of anilines is 2. The van der Waals surface area contributed by atoms with Crippen LogP contribution in [-0.4, -0.2) is 55.9 Å². The van der Waals surface area contributed by atoms with Gasteiger partial charge in [0.15, 0.2) is 0 Å². The number of nitrogens with one attached hydrogen (secondary N) is 1. The maximum Gasteiger partial charge on any atom is 0.237 e. The quantitative estimate of drug-likeness (QED) is 0.736. The third-order valence-corrected chi connectivity index (χ3v) is 7.08. The summed E-state index contributed by atoms with van der Waals surface area (Å²) in [6, 6.07) is 13.9. The molecule has 29 heavy (non-hydrogen) atoms. The Labute approximate surface area is 181 Å². The minimum atomic E-state index is -0.0291. The highest BCUT2D eigenvalue weighted by atomic mass is 35.5. The van der Waals surface area contributed by atoms with Crippen LogP contribution < -0.4 is 15.0 Å². The minimum absolute atomic E-state index is 0.0291. The Balaban J connectivity index is 1.24. The van der Waals surface area contributed by atoms with Gasteiger partial charge in [-0.1, -0.05) is 23.7 Å². The van der Waals surface area contributed by atoms with E-state index in [2.05, 4.69) is 27.2 Å². The first-order chi connectivity index (χ1) is 14.1. The van der Waals surface area contributed by atoms with Gasteiger partial charge in [-0.15, -0.1) is 11.8 Å². The summed E-state index contributed by atoms with van der Waals surface area (Å²) in [6.07, 6.45) is 1.90. The molecule has 2 aliphatic rings. The lowest BCUT2D eigenvalue weighted by atomic mass is 10.1. The van der Waals surface area contributed by atoms with Gasteiger partial charge < -0.3 is 15.0 Å². The van der Waals surface area contributed by atoms with E-state index in [9.17, 15) is 4.79 Å². The van der Waals surface area contributed by atoms with Gasteiger partial charge in [0.05, 0.1) is 23.7 Å². The molecule has 1 unspecified atom stereocenters. The largest absolute Gasteiger partial charge is 0.495 e. The molecule has 0 spiro atoms. The van der Waals surface area contributed by atoms with Crippen molar-refractivity contribution in [3.05, 3.63) is 47.5 Å². The Morgan fingerprint density at radius 3 is 2.76 bits per heavy atom. The standard InChI is InChI=1S/C22H26ClN3O2S/c1-28-19-6-3-2-5-18(19)26-13-11-25(12-14-26)10-4-7-21-22(27)24-17-15-16(23)8-9-20(17)29-21/h2-3,5-6,8-9,15,21H,4,7,10-14H2,1H3,(H,24,27). The summed E-state index contributed by atoms with van der Waals surface area (Å²) in [4.78, 5) is 18.4. The molecule has 5 nitrogen and oxygen atoms in total. The van der Waals surface area contributed by atoms with Crippen molar-refractivity contribution < 1.29 is 9.53 Å². The van der Waals surface area contributed by atoms with Gasteiger partial charge >= 0.3 is 0 Å². The van der Waals surface area contributed by atoms with E-state index < -0.39 is 0 Å². The van der Waals surface area contributed by atoms with E-state index in [-0.39, 0.29) is 11.2 Å². The number of amides is 1. The fourth-order valence-corrected chi connectivity index (χ4v) is 5.23. The molecule has 2 heterocycles. The molecular weight excluding hydrogens is 406 g/mol. The molecule has 1 amide bonds. The number of ether oxygens (including phenoxy) is 1. The molecule has 154 valence electrons. The first-order valence-electron chi connectivity index (χ1n) is 10.0. The van der Waals surface area contributed by atoms with Gasteiger partial charge in [0.1, 0.15) is 5.75 Å². The zero-order valence-corrected chi connectivity index (χ0v) is 18.1. The zero-order chi connectivity index (χ0) is 20.2.